The molecule has 0 amide bonds. The van der Waals surface area contributed by atoms with Gasteiger partial charge in [-0.3, -0.25) is 18.9 Å². The molecule has 4 unspecified atom stereocenters. The van der Waals surface area contributed by atoms with Crippen molar-refractivity contribution in [2.75, 3.05) is 13.7 Å². The monoisotopic (exact) mass is 510 g/mol. The van der Waals surface area contributed by atoms with Crippen molar-refractivity contribution in [3.63, 3.8) is 0 Å². The van der Waals surface area contributed by atoms with E-state index in [1.165, 1.54) is 0 Å². The van der Waals surface area contributed by atoms with Crippen LogP contribution in [0.2, 0.25) is 0 Å². The Hall–Kier alpha value is -1.13. The third-order valence-electron chi connectivity index (χ3n) is 3.70. The highest BCUT2D eigenvalue weighted by molar-refractivity contribution is 7.84. The Labute approximate surface area is 173 Å². The maximum absolute atomic E-state index is 12.2. The standard InChI is InChI=1S/C10H18BN2O15P3/c1-24-4-2-13(10(17)12-8(4)16)9-7(15)6(14)5(26-9)3-25-29(11,18)27-31(22,23)28-30(19,20)21/h2,5-7,9,14-15H,3,11H2,1H3,(H,22,23)(H,12,16,17)(H2,19,20,21)/t5-,6?,7?,9-,29?/m1/s1. The van der Waals surface area contributed by atoms with E-state index < -0.39 is 65.5 Å². The molecule has 0 aliphatic carbocycles. The second-order valence-corrected chi connectivity index (χ2v) is 11.1. The van der Waals surface area contributed by atoms with Gasteiger partial charge in [0.05, 0.1) is 19.9 Å². The smallest absolute Gasteiger partial charge is 0.487 e. The maximum Gasteiger partial charge on any atom is 0.487 e. The summed E-state index contributed by atoms with van der Waals surface area (Å²) in [6.07, 6.45) is -5.54. The van der Waals surface area contributed by atoms with Crippen LogP contribution < -0.4 is 16.0 Å². The molecule has 0 spiro atoms. The average molecular weight is 510 g/mol. The number of hydrogen-bond acceptors (Lipinski definition) is 12. The van der Waals surface area contributed by atoms with Crippen molar-refractivity contribution < 1.29 is 61.2 Å². The zero-order valence-corrected chi connectivity index (χ0v) is 18.4. The van der Waals surface area contributed by atoms with E-state index in [1.54, 1.807) is 0 Å². The Morgan fingerprint density at radius 2 is 1.77 bits per heavy atom. The van der Waals surface area contributed by atoms with Crippen LogP contribution in [0, 0.1) is 0 Å². The Kier molecular flexibility index (Phi) is 7.92. The summed E-state index contributed by atoms with van der Waals surface area (Å²) >= 11 is 0. The molecule has 0 bridgehead atoms. The van der Waals surface area contributed by atoms with Crippen LogP contribution in [0.1, 0.15) is 6.23 Å². The van der Waals surface area contributed by atoms with Crippen LogP contribution in [0.15, 0.2) is 15.8 Å². The summed E-state index contributed by atoms with van der Waals surface area (Å²) < 4.78 is 57.4. The van der Waals surface area contributed by atoms with E-state index in [2.05, 4.69) is 8.62 Å². The number of aromatic amines is 1. The minimum Gasteiger partial charge on any atom is -0.490 e. The van der Waals surface area contributed by atoms with Crippen molar-refractivity contribution in [3.05, 3.63) is 27.0 Å². The number of methoxy groups -OCH3 is 1. The summed E-state index contributed by atoms with van der Waals surface area (Å²) in [6, 6.07) is 0. The molecule has 1 aliphatic heterocycles. The third-order valence-corrected chi connectivity index (χ3v) is 8.01. The second-order valence-electron chi connectivity index (χ2n) is 6.10. The van der Waals surface area contributed by atoms with Crippen molar-refractivity contribution in [3.8, 4) is 5.75 Å². The predicted molar refractivity (Wildman–Crippen MR) is 99.9 cm³/mol. The quantitative estimate of drug-likeness (QED) is 0.144. The van der Waals surface area contributed by atoms with Gasteiger partial charge in [-0.2, -0.15) is 4.31 Å². The van der Waals surface area contributed by atoms with Crippen LogP contribution in [-0.2, 0) is 31.6 Å². The molecule has 17 nitrogen and oxygen atoms in total. The number of aliphatic hydroxyl groups excluding tert-OH is 2. The van der Waals surface area contributed by atoms with E-state index in [-0.39, 0.29) is 5.75 Å². The number of nitrogens with one attached hydrogen (secondary N) is 1. The maximum atomic E-state index is 12.2. The van der Waals surface area contributed by atoms with Crippen LogP contribution in [0.5, 0.6) is 5.75 Å². The van der Waals surface area contributed by atoms with Gasteiger partial charge in [-0.05, 0) is 0 Å². The number of aromatic nitrogens is 2. The summed E-state index contributed by atoms with van der Waals surface area (Å²) in [7, 11) is -13.7. The number of hydrogen-bond donors (Lipinski definition) is 6. The lowest BCUT2D eigenvalue weighted by Gasteiger charge is -2.21. The first-order chi connectivity index (χ1) is 14.1. The molecule has 1 aromatic heterocycles. The minimum absolute atomic E-state index is 0.306. The predicted octanol–water partition coefficient (Wildman–Crippen LogP) is -2.85. The van der Waals surface area contributed by atoms with Crippen LogP contribution in [0.3, 0.4) is 0 Å². The summed E-state index contributed by atoms with van der Waals surface area (Å²) in [5.41, 5.74) is -1.87. The number of phosphoric acid groups is 2. The molecule has 1 saturated heterocycles. The average Bonchev–Trinajstić information content (AvgIpc) is 2.85. The molecule has 0 saturated carbocycles. The highest BCUT2D eigenvalue weighted by atomic mass is 31.3. The van der Waals surface area contributed by atoms with Gasteiger partial charge in [0, 0.05) is 0 Å². The van der Waals surface area contributed by atoms with E-state index in [4.69, 9.17) is 23.8 Å². The first-order valence-corrected chi connectivity index (χ1v) is 13.0. The van der Waals surface area contributed by atoms with Crippen LogP contribution in [-0.4, -0.2) is 74.0 Å². The lowest BCUT2D eigenvalue weighted by molar-refractivity contribution is -0.0522. The molecule has 21 heteroatoms. The van der Waals surface area contributed by atoms with Crippen molar-refractivity contribution in [1.82, 2.24) is 9.55 Å². The lowest BCUT2D eigenvalue weighted by Crippen LogP contribution is -2.38. The summed E-state index contributed by atoms with van der Waals surface area (Å²) in [5.74, 6) is -0.306. The fraction of sp³-hybridized carbons (Fsp3) is 0.600. The molecule has 176 valence electrons. The van der Waals surface area contributed by atoms with Crippen molar-refractivity contribution in [2.24, 2.45) is 0 Å². The lowest BCUT2D eigenvalue weighted by atomic mass is 10.1. The van der Waals surface area contributed by atoms with Crippen LogP contribution in [0.25, 0.3) is 0 Å². The summed E-state index contributed by atoms with van der Waals surface area (Å²) in [5, 5.41) is 20.3. The fourth-order valence-corrected chi connectivity index (χ4v) is 6.04. The molecule has 1 aliphatic rings. The summed E-state index contributed by atoms with van der Waals surface area (Å²) in [6.45, 7) is -0.826. The van der Waals surface area contributed by atoms with Gasteiger partial charge in [-0.1, -0.05) is 0 Å². The molecule has 31 heavy (non-hydrogen) atoms. The molecule has 2 rings (SSSR count). The molecule has 0 radical (unpaired) electrons. The Morgan fingerprint density at radius 1 is 1.16 bits per heavy atom. The Morgan fingerprint density at radius 3 is 2.32 bits per heavy atom. The number of H-pyrrole nitrogens is 1. The number of rotatable bonds is 9. The van der Waals surface area contributed by atoms with Crippen molar-refractivity contribution >= 4 is 30.7 Å². The molecule has 2 heterocycles. The highest BCUT2D eigenvalue weighted by Crippen LogP contribution is 2.66. The number of nitrogens with zero attached hydrogens (tertiary/aromatic N) is 1. The molecule has 6 atom stereocenters. The topological polar surface area (TPSA) is 253 Å². The van der Waals surface area contributed by atoms with Gasteiger partial charge in [-0.15, -0.1) is 0 Å². The van der Waals surface area contributed by atoms with E-state index in [1.807, 2.05) is 4.98 Å². The first kappa shape index (κ1) is 26.1. The number of aliphatic hydroxyl groups is 2. The van der Waals surface area contributed by atoms with Crippen LogP contribution in [0.4, 0.5) is 0 Å². The van der Waals surface area contributed by atoms with E-state index in [9.17, 15) is 38.4 Å². The summed E-state index contributed by atoms with van der Waals surface area (Å²) in [4.78, 5) is 51.8. The van der Waals surface area contributed by atoms with Gasteiger partial charge in [0.25, 0.3) is 20.6 Å². The third kappa shape index (κ3) is 6.93. The largest absolute Gasteiger partial charge is 0.490 e. The van der Waals surface area contributed by atoms with Gasteiger partial charge in [0.15, 0.2) is 6.23 Å². The first-order valence-electron chi connectivity index (χ1n) is 7.99. The van der Waals surface area contributed by atoms with Crippen LogP contribution >= 0.6 is 23.1 Å². The fourth-order valence-electron chi connectivity index (χ4n) is 2.47. The molecule has 6 N–H and O–H groups in total. The molecule has 0 aromatic carbocycles. The Bertz CT molecular complexity index is 1070. The molecule has 1 aromatic rings. The second kappa shape index (κ2) is 9.39. The van der Waals surface area contributed by atoms with Crippen molar-refractivity contribution in [1.29, 1.82) is 0 Å². The Balaban J connectivity index is 2.12. The number of ether oxygens (including phenoxy) is 2. The van der Waals surface area contributed by atoms with E-state index >= 15 is 0 Å². The minimum atomic E-state index is -5.50. The van der Waals surface area contributed by atoms with E-state index in [0.717, 1.165) is 13.3 Å². The zero-order chi connectivity index (χ0) is 23.8. The molecule has 1 fully saturated rings. The van der Waals surface area contributed by atoms with Gasteiger partial charge in [-0.25, -0.2) is 18.2 Å². The normalized spacial score (nSPS) is 28.1. The van der Waals surface area contributed by atoms with E-state index in [0.29, 0.717) is 12.1 Å². The SMILES string of the molecule is BP(=O)(OC[C@H]1O[C@@H](n2cc(OC)c(=O)[nH]c2=O)C(O)C1O)OP(=O)(O)OP(=O)(O)O. The van der Waals surface area contributed by atoms with Gasteiger partial charge < -0.3 is 38.9 Å². The van der Waals surface area contributed by atoms with Gasteiger partial charge in [0.1, 0.15) is 18.3 Å². The van der Waals surface area contributed by atoms with Gasteiger partial charge >= 0.3 is 21.3 Å². The zero-order valence-electron chi connectivity index (χ0n) is 15.7. The van der Waals surface area contributed by atoms with Gasteiger partial charge in [0.2, 0.25) is 5.75 Å². The van der Waals surface area contributed by atoms with Crippen molar-refractivity contribution in [2.45, 2.75) is 24.5 Å². The molecular formula is C10H18BN2O15P3. The molecular weight excluding hydrogens is 492 g/mol. The highest BCUT2D eigenvalue weighted by Gasteiger charge is 2.46.